The van der Waals surface area contributed by atoms with Crippen LogP contribution in [0.2, 0.25) is 0 Å². The highest BCUT2D eigenvalue weighted by atomic mass is 16.5. The first-order chi connectivity index (χ1) is 10.1. The second kappa shape index (κ2) is 5.36. The predicted molar refractivity (Wildman–Crippen MR) is 83.2 cm³/mol. The molecule has 21 heavy (non-hydrogen) atoms. The molecule has 2 aromatic carbocycles. The molecule has 0 spiro atoms. The fourth-order valence-electron chi connectivity index (χ4n) is 3.59. The van der Waals surface area contributed by atoms with Crippen LogP contribution in [0.4, 0.5) is 0 Å². The zero-order valence-corrected chi connectivity index (χ0v) is 12.5. The number of hydrogen-bond donors (Lipinski definition) is 0. The van der Waals surface area contributed by atoms with E-state index in [-0.39, 0.29) is 17.3 Å². The largest absolute Gasteiger partial charge is 0.469 e. The number of methoxy groups -OCH3 is 1. The van der Waals surface area contributed by atoms with Crippen molar-refractivity contribution in [3.05, 3.63) is 71.3 Å². The highest BCUT2D eigenvalue weighted by molar-refractivity contribution is 5.74. The van der Waals surface area contributed by atoms with Crippen LogP contribution in [0.1, 0.15) is 30.0 Å². The van der Waals surface area contributed by atoms with Crippen molar-refractivity contribution in [3.8, 4) is 0 Å². The standard InChI is InChI=1S/C19H20O2/c1-19(16-9-4-3-5-10-16)13-15(18(20)21-2)12-14-8-6-7-11-17(14)19/h3-11,15H,12-13H2,1-2H3. The SMILES string of the molecule is COC(=O)C1Cc2ccccc2C(C)(c2ccccc2)C1. The van der Waals surface area contributed by atoms with Gasteiger partial charge in [0.15, 0.2) is 0 Å². The summed E-state index contributed by atoms with van der Waals surface area (Å²) in [5.74, 6) is -0.179. The third-order valence-electron chi connectivity index (χ3n) is 4.68. The van der Waals surface area contributed by atoms with Crippen LogP contribution in [-0.4, -0.2) is 13.1 Å². The minimum Gasteiger partial charge on any atom is -0.469 e. The lowest BCUT2D eigenvalue weighted by Gasteiger charge is -2.39. The Labute approximate surface area is 125 Å². The second-order valence-corrected chi connectivity index (χ2v) is 5.98. The Morgan fingerprint density at radius 2 is 1.76 bits per heavy atom. The summed E-state index contributed by atoms with van der Waals surface area (Å²) < 4.78 is 4.99. The number of carbonyl (C=O) groups is 1. The molecule has 0 radical (unpaired) electrons. The first kappa shape index (κ1) is 13.9. The minimum absolute atomic E-state index is 0.0740. The molecule has 0 saturated carbocycles. The van der Waals surface area contributed by atoms with Crippen molar-refractivity contribution in [1.82, 2.24) is 0 Å². The van der Waals surface area contributed by atoms with Crippen LogP contribution in [0.25, 0.3) is 0 Å². The van der Waals surface area contributed by atoms with Gasteiger partial charge >= 0.3 is 5.97 Å². The molecule has 0 N–H and O–H groups in total. The van der Waals surface area contributed by atoms with E-state index in [0.717, 1.165) is 12.8 Å². The number of rotatable bonds is 2. The summed E-state index contributed by atoms with van der Waals surface area (Å²) in [7, 11) is 1.47. The van der Waals surface area contributed by atoms with Gasteiger partial charge in [0.1, 0.15) is 0 Å². The van der Waals surface area contributed by atoms with Gasteiger partial charge in [0.2, 0.25) is 0 Å². The van der Waals surface area contributed by atoms with Gasteiger partial charge in [0.25, 0.3) is 0 Å². The molecule has 2 atom stereocenters. The van der Waals surface area contributed by atoms with Gasteiger partial charge < -0.3 is 4.74 Å². The first-order valence-corrected chi connectivity index (χ1v) is 7.37. The maximum absolute atomic E-state index is 12.1. The Bertz CT molecular complexity index is 648. The maximum atomic E-state index is 12.1. The lowest BCUT2D eigenvalue weighted by atomic mass is 9.64. The topological polar surface area (TPSA) is 26.3 Å². The van der Waals surface area contributed by atoms with Crippen LogP contribution < -0.4 is 0 Å². The number of esters is 1. The fraction of sp³-hybridized carbons (Fsp3) is 0.316. The molecule has 0 amide bonds. The maximum Gasteiger partial charge on any atom is 0.309 e. The highest BCUT2D eigenvalue weighted by Gasteiger charge is 2.40. The van der Waals surface area contributed by atoms with E-state index >= 15 is 0 Å². The summed E-state index contributed by atoms with van der Waals surface area (Å²) in [5, 5.41) is 0. The van der Waals surface area contributed by atoms with Crippen LogP contribution in [0.5, 0.6) is 0 Å². The monoisotopic (exact) mass is 280 g/mol. The zero-order chi connectivity index (χ0) is 14.9. The zero-order valence-electron chi connectivity index (χ0n) is 12.5. The first-order valence-electron chi connectivity index (χ1n) is 7.37. The van der Waals surface area contributed by atoms with Gasteiger partial charge in [-0.1, -0.05) is 61.5 Å². The van der Waals surface area contributed by atoms with Crippen LogP contribution in [0, 0.1) is 5.92 Å². The Kier molecular flexibility index (Phi) is 3.54. The molecule has 1 aliphatic rings. The van der Waals surface area contributed by atoms with Gasteiger partial charge in [-0.2, -0.15) is 0 Å². The number of fused-ring (bicyclic) bond motifs is 1. The molecule has 0 fully saturated rings. The lowest BCUT2D eigenvalue weighted by Crippen LogP contribution is -2.37. The molecule has 2 unspecified atom stereocenters. The van der Waals surface area contributed by atoms with Gasteiger partial charge in [-0.25, -0.2) is 0 Å². The molecule has 2 heteroatoms. The number of carbonyl (C=O) groups excluding carboxylic acids is 1. The Morgan fingerprint density at radius 3 is 2.48 bits per heavy atom. The Balaban J connectivity index is 2.12. The molecule has 0 saturated heterocycles. The van der Waals surface area contributed by atoms with E-state index < -0.39 is 0 Å². The third kappa shape index (κ3) is 2.35. The van der Waals surface area contributed by atoms with Gasteiger partial charge in [-0.15, -0.1) is 0 Å². The summed E-state index contributed by atoms with van der Waals surface area (Å²) in [4.78, 5) is 12.1. The summed E-state index contributed by atoms with van der Waals surface area (Å²) >= 11 is 0. The van der Waals surface area contributed by atoms with Crippen molar-refractivity contribution in [2.75, 3.05) is 7.11 Å². The molecule has 3 rings (SSSR count). The van der Waals surface area contributed by atoms with Crippen LogP contribution in [0.15, 0.2) is 54.6 Å². The van der Waals surface area contributed by atoms with Crippen molar-refractivity contribution in [2.45, 2.75) is 25.2 Å². The average Bonchev–Trinajstić information content (AvgIpc) is 2.55. The second-order valence-electron chi connectivity index (χ2n) is 5.98. The van der Waals surface area contributed by atoms with E-state index in [9.17, 15) is 4.79 Å². The predicted octanol–water partition coefficient (Wildman–Crippen LogP) is 3.73. The van der Waals surface area contributed by atoms with Gasteiger partial charge in [0, 0.05) is 5.41 Å². The number of benzene rings is 2. The summed E-state index contributed by atoms with van der Waals surface area (Å²) in [6.07, 6.45) is 1.56. The van der Waals surface area contributed by atoms with Gasteiger partial charge in [-0.05, 0) is 29.5 Å². The van der Waals surface area contributed by atoms with Crippen molar-refractivity contribution >= 4 is 5.97 Å². The third-order valence-corrected chi connectivity index (χ3v) is 4.68. The lowest BCUT2D eigenvalue weighted by molar-refractivity contribution is -0.146. The van der Waals surface area contributed by atoms with Gasteiger partial charge in [0.05, 0.1) is 13.0 Å². The minimum atomic E-state index is -0.144. The Hall–Kier alpha value is -2.09. The van der Waals surface area contributed by atoms with Crippen LogP contribution in [-0.2, 0) is 21.4 Å². The fourth-order valence-corrected chi connectivity index (χ4v) is 3.59. The quantitative estimate of drug-likeness (QED) is 0.784. The summed E-state index contributed by atoms with van der Waals surface area (Å²) in [6.45, 7) is 2.23. The van der Waals surface area contributed by atoms with Crippen LogP contribution >= 0.6 is 0 Å². The molecule has 0 aromatic heterocycles. The highest BCUT2D eigenvalue weighted by Crippen LogP contribution is 2.44. The van der Waals surface area contributed by atoms with Crippen molar-refractivity contribution < 1.29 is 9.53 Å². The van der Waals surface area contributed by atoms with Crippen molar-refractivity contribution in [1.29, 1.82) is 0 Å². The van der Waals surface area contributed by atoms with E-state index in [4.69, 9.17) is 4.74 Å². The normalized spacial score (nSPS) is 24.2. The summed E-state index contributed by atoms with van der Waals surface area (Å²) in [6, 6.07) is 18.9. The van der Waals surface area contributed by atoms with Gasteiger partial charge in [-0.3, -0.25) is 4.79 Å². The van der Waals surface area contributed by atoms with Crippen molar-refractivity contribution in [3.63, 3.8) is 0 Å². The van der Waals surface area contributed by atoms with E-state index in [2.05, 4.69) is 49.4 Å². The molecule has 108 valence electrons. The molecule has 0 heterocycles. The van der Waals surface area contributed by atoms with E-state index in [1.54, 1.807) is 0 Å². The molecule has 2 aromatic rings. The molecular formula is C19H20O2. The Morgan fingerprint density at radius 1 is 1.10 bits per heavy atom. The van der Waals surface area contributed by atoms with E-state index in [0.29, 0.717) is 0 Å². The average molecular weight is 280 g/mol. The molecule has 0 bridgehead atoms. The van der Waals surface area contributed by atoms with Crippen molar-refractivity contribution in [2.24, 2.45) is 5.92 Å². The number of ether oxygens (including phenoxy) is 1. The molecular weight excluding hydrogens is 260 g/mol. The molecule has 1 aliphatic carbocycles. The number of hydrogen-bond acceptors (Lipinski definition) is 2. The van der Waals surface area contributed by atoms with Crippen LogP contribution in [0.3, 0.4) is 0 Å². The molecule has 0 aliphatic heterocycles. The smallest absolute Gasteiger partial charge is 0.309 e. The summed E-state index contributed by atoms with van der Waals surface area (Å²) in [5.41, 5.74) is 3.70. The molecule has 2 nitrogen and oxygen atoms in total. The van der Waals surface area contributed by atoms with E-state index in [1.807, 2.05) is 12.1 Å². The van der Waals surface area contributed by atoms with E-state index in [1.165, 1.54) is 23.8 Å².